The number of nitrogens with zero attached hydrogens (tertiary/aromatic N) is 1. The summed E-state index contributed by atoms with van der Waals surface area (Å²) < 4.78 is 0. The molecule has 3 nitrogen and oxygen atoms in total. The van der Waals surface area contributed by atoms with Crippen LogP contribution in [-0.2, 0) is 0 Å². The zero-order chi connectivity index (χ0) is 10.7. The molecular weight excluding hydrogens is 188 g/mol. The Balaban J connectivity index is 1.64. The first kappa shape index (κ1) is 11.4. The fourth-order valence-corrected chi connectivity index (χ4v) is 2.55. The molecule has 1 heterocycles. The molecule has 0 bridgehead atoms. The maximum atomic E-state index is 9.97. The third-order valence-corrected chi connectivity index (χ3v) is 4.04. The van der Waals surface area contributed by atoms with Crippen molar-refractivity contribution in [3.8, 4) is 0 Å². The quantitative estimate of drug-likeness (QED) is 0.729. The van der Waals surface area contributed by atoms with E-state index in [0.29, 0.717) is 6.04 Å². The van der Waals surface area contributed by atoms with E-state index in [1.165, 1.54) is 38.9 Å². The molecular formula is C12H24N2O. The molecule has 0 spiro atoms. The second kappa shape index (κ2) is 4.81. The highest BCUT2D eigenvalue weighted by Gasteiger charge is 2.34. The molecule has 88 valence electrons. The number of rotatable bonds is 4. The van der Waals surface area contributed by atoms with Crippen molar-refractivity contribution in [2.45, 2.75) is 50.7 Å². The third-order valence-electron chi connectivity index (χ3n) is 4.04. The van der Waals surface area contributed by atoms with Crippen LogP contribution in [0, 0.1) is 0 Å². The zero-order valence-corrected chi connectivity index (χ0v) is 9.84. The van der Waals surface area contributed by atoms with E-state index in [0.717, 1.165) is 19.4 Å². The summed E-state index contributed by atoms with van der Waals surface area (Å²) in [4.78, 5) is 2.50. The van der Waals surface area contributed by atoms with E-state index in [-0.39, 0.29) is 5.60 Å². The highest BCUT2D eigenvalue weighted by molar-refractivity contribution is 4.91. The Morgan fingerprint density at radius 1 is 1.33 bits per heavy atom. The van der Waals surface area contributed by atoms with Crippen molar-refractivity contribution in [2.75, 3.05) is 26.2 Å². The van der Waals surface area contributed by atoms with Gasteiger partial charge in [0, 0.05) is 12.6 Å². The van der Waals surface area contributed by atoms with Crippen molar-refractivity contribution in [1.82, 2.24) is 10.2 Å². The van der Waals surface area contributed by atoms with Gasteiger partial charge in [0.15, 0.2) is 0 Å². The highest BCUT2D eigenvalue weighted by Crippen LogP contribution is 2.30. The summed E-state index contributed by atoms with van der Waals surface area (Å²) in [6.45, 7) is 6.64. The van der Waals surface area contributed by atoms with E-state index >= 15 is 0 Å². The lowest BCUT2D eigenvalue weighted by Crippen LogP contribution is -2.51. The maximum Gasteiger partial charge on any atom is 0.0771 e. The van der Waals surface area contributed by atoms with Crippen LogP contribution in [0.15, 0.2) is 0 Å². The van der Waals surface area contributed by atoms with Gasteiger partial charge in [-0.3, -0.25) is 0 Å². The Hall–Kier alpha value is -0.120. The maximum absolute atomic E-state index is 9.97. The Bertz CT molecular complexity index is 196. The summed E-state index contributed by atoms with van der Waals surface area (Å²) in [5.41, 5.74) is -0.359. The number of nitrogens with one attached hydrogen (secondary N) is 1. The summed E-state index contributed by atoms with van der Waals surface area (Å²) >= 11 is 0. The van der Waals surface area contributed by atoms with Crippen LogP contribution in [0.5, 0.6) is 0 Å². The van der Waals surface area contributed by atoms with Gasteiger partial charge in [-0.05, 0) is 51.7 Å². The molecule has 3 heteroatoms. The minimum absolute atomic E-state index is 0.359. The van der Waals surface area contributed by atoms with E-state index in [9.17, 15) is 5.11 Å². The van der Waals surface area contributed by atoms with Gasteiger partial charge >= 0.3 is 0 Å². The van der Waals surface area contributed by atoms with E-state index in [1.54, 1.807) is 0 Å². The fraction of sp³-hybridized carbons (Fsp3) is 1.00. The lowest BCUT2D eigenvalue weighted by atomic mass is 9.80. The highest BCUT2D eigenvalue weighted by atomic mass is 16.3. The molecule has 2 fully saturated rings. The van der Waals surface area contributed by atoms with Gasteiger partial charge in [-0.25, -0.2) is 0 Å². The Morgan fingerprint density at radius 3 is 2.47 bits per heavy atom. The van der Waals surface area contributed by atoms with Crippen molar-refractivity contribution in [1.29, 1.82) is 0 Å². The van der Waals surface area contributed by atoms with Crippen molar-refractivity contribution in [2.24, 2.45) is 0 Å². The Kier molecular flexibility index (Phi) is 3.65. The van der Waals surface area contributed by atoms with Crippen molar-refractivity contribution < 1.29 is 5.11 Å². The molecule has 0 aromatic heterocycles. The summed E-state index contributed by atoms with van der Waals surface area (Å²) in [5.74, 6) is 0. The number of hydrogen-bond donors (Lipinski definition) is 2. The molecule has 0 atom stereocenters. The van der Waals surface area contributed by atoms with Gasteiger partial charge in [-0.1, -0.05) is 6.92 Å². The lowest BCUT2D eigenvalue weighted by Gasteiger charge is -2.39. The third kappa shape index (κ3) is 2.92. The van der Waals surface area contributed by atoms with Crippen molar-refractivity contribution in [3.05, 3.63) is 0 Å². The van der Waals surface area contributed by atoms with Gasteiger partial charge in [0.2, 0.25) is 0 Å². The van der Waals surface area contributed by atoms with Crippen molar-refractivity contribution >= 4 is 0 Å². The number of hydrogen-bond acceptors (Lipinski definition) is 3. The normalized spacial score (nSPS) is 27.6. The summed E-state index contributed by atoms with van der Waals surface area (Å²) in [6, 6.07) is 0.637. The van der Waals surface area contributed by atoms with Crippen LogP contribution in [0.25, 0.3) is 0 Å². The summed E-state index contributed by atoms with van der Waals surface area (Å²) in [6.07, 6.45) is 5.67. The summed E-state index contributed by atoms with van der Waals surface area (Å²) in [5, 5.41) is 13.5. The van der Waals surface area contributed by atoms with Gasteiger partial charge in [0.25, 0.3) is 0 Å². The van der Waals surface area contributed by atoms with Gasteiger partial charge < -0.3 is 15.3 Å². The fourth-order valence-electron chi connectivity index (χ4n) is 2.55. The van der Waals surface area contributed by atoms with E-state index in [2.05, 4.69) is 17.1 Å². The van der Waals surface area contributed by atoms with Crippen LogP contribution in [-0.4, -0.2) is 47.8 Å². The molecule has 2 N–H and O–H groups in total. The molecule has 15 heavy (non-hydrogen) atoms. The number of aliphatic hydroxyl groups is 1. The molecule has 1 saturated carbocycles. The van der Waals surface area contributed by atoms with Crippen LogP contribution < -0.4 is 5.32 Å². The molecule has 0 aromatic rings. The van der Waals surface area contributed by atoms with Crippen molar-refractivity contribution in [3.63, 3.8) is 0 Å². The van der Waals surface area contributed by atoms with Crippen LogP contribution >= 0.6 is 0 Å². The molecule has 0 unspecified atom stereocenters. The standard InChI is InChI=1S/C12H24N2O/c1-2-14-8-4-11(5-9-14)13-10-12(15)6-3-7-12/h11,13,15H,2-10H2,1H3. The molecule has 0 aromatic carbocycles. The molecule has 1 saturated heterocycles. The zero-order valence-electron chi connectivity index (χ0n) is 9.84. The lowest BCUT2D eigenvalue weighted by molar-refractivity contribution is -0.0345. The van der Waals surface area contributed by atoms with Gasteiger partial charge in [0.05, 0.1) is 5.60 Å². The summed E-state index contributed by atoms with van der Waals surface area (Å²) in [7, 11) is 0. The van der Waals surface area contributed by atoms with E-state index in [4.69, 9.17) is 0 Å². The smallest absolute Gasteiger partial charge is 0.0771 e. The average Bonchev–Trinajstić information content (AvgIpc) is 2.24. The Morgan fingerprint density at radius 2 is 2.00 bits per heavy atom. The van der Waals surface area contributed by atoms with Crippen LogP contribution in [0.1, 0.15) is 39.0 Å². The van der Waals surface area contributed by atoms with E-state index in [1.807, 2.05) is 0 Å². The monoisotopic (exact) mass is 212 g/mol. The van der Waals surface area contributed by atoms with Crippen LogP contribution in [0.3, 0.4) is 0 Å². The van der Waals surface area contributed by atoms with Gasteiger partial charge in [0.1, 0.15) is 0 Å². The van der Waals surface area contributed by atoms with E-state index < -0.39 is 0 Å². The van der Waals surface area contributed by atoms with Crippen LogP contribution in [0.2, 0.25) is 0 Å². The predicted molar refractivity (Wildman–Crippen MR) is 61.9 cm³/mol. The number of piperidine rings is 1. The molecule has 0 radical (unpaired) electrons. The van der Waals surface area contributed by atoms with Gasteiger partial charge in [-0.2, -0.15) is 0 Å². The molecule has 0 amide bonds. The largest absolute Gasteiger partial charge is 0.389 e. The minimum atomic E-state index is -0.359. The topological polar surface area (TPSA) is 35.5 Å². The second-order valence-corrected chi connectivity index (χ2v) is 5.17. The number of likely N-dealkylation sites (tertiary alicyclic amines) is 1. The predicted octanol–water partition coefficient (Wildman–Crippen LogP) is 0.975. The minimum Gasteiger partial charge on any atom is -0.389 e. The van der Waals surface area contributed by atoms with Gasteiger partial charge in [-0.15, -0.1) is 0 Å². The average molecular weight is 212 g/mol. The first-order valence-corrected chi connectivity index (χ1v) is 6.40. The molecule has 2 aliphatic rings. The molecule has 1 aliphatic heterocycles. The molecule has 1 aliphatic carbocycles. The second-order valence-electron chi connectivity index (χ2n) is 5.17. The molecule has 2 rings (SSSR count). The first-order valence-electron chi connectivity index (χ1n) is 6.40. The van der Waals surface area contributed by atoms with Crippen LogP contribution in [0.4, 0.5) is 0 Å². The Labute approximate surface area is 92.8 Å². The SMILES string of the molecule is CCN1CCC(NCC2(O)CCC2)CC1. The first-order chi connectivity index (χ1) is 7.22.